The number of amides is 6. The highest BCUT2D eigenvalue weighted by Gasteiger charge is 2.43. The van der Waals surface area contributed by atoms with Gasteiger partial charge < -0.3 is 41.4 Å². The molecule has 0 aromatic heterocycles. The van der Waals surface area contributed by atoms with Crippen molar-refractivity contribution in [2.45, 2.75) is 86.0 Å². The molecule has 226 valence electrons. The number of carbonyl (C=O) groups is 4. The molecule has 4 aliphatic heterocycles. The number of rotatable bonds is 19. The molecule has 0 aromatic rings. The van der Waals surface area contributed by atoms with Gasteiger partial charge in [0.2, 0.25) is 11.8 Å². The molecular weight excluding hydrogens is 556 g/mol. The van der Waals surface area contributed by atoms with Crippen molar-refractivity contribution in [3.63, 3.8) is 0 Å². The van der Waals surface area contributed by atoms with Crippen molar-refractivity contribution in [3.05, 3.63) is 0 Å². The lowest BCUT2D eigenvalue weighted by atomic mass is 10.0. The first-order chi connectivity index (χ1) is 19.5. The van der Waals surface area contributed by atoms with Crippen molar-refractivity contribution < 1.29 is 28.7 Å². The Bertz CT molecular complexity index is 802. The van der Waals surface area contributed by atoms with Crippen molar-refractivity contribution in [3.8, 4) is 0 Å². The molecule has 4 rings (SSSR count). The summed E-state index contributed by atoms with van der Waals surface area (Å²) in [6.45, 7) is 2.69. The predicted molar refractivity (Wildman–Crippen MR) is 156 cm³/mol. The normalized spacial score (nSPS) is 28.3. The van der Waals surface area contributed by atoms with Crippen LogP contribution in [0.3, 0.4) is 0 Å². The highest BCUT2D eigenvalue weighted by molar-refractivity contribution is 8.00. The van der Waals surface area contributed by atoms with E-state index in [4.69, 9.17) is 9.47 Å². The lowest BCUT2D eigenvalue weighted by Crippen LogP contribution is -2.36. The van der Waals surface area contributed by atoms with Crippen molar-refractivity contribution in [2.75, 3.05) is 51.0 Å². The summed E-state index contributed by atoms with van der Waals surface area (Å²) in [6, 6.07) is 0.811. The SMILES string of the molecule is O=C(CCCC[C@@H]1SC[C@@H]2NC(=O)N[C@@H]21)NCCOCCOCCNC(=O)CCCC[C@@H]1SC[C@@H]2NC(=O)N[C@@H]21. The lowest BCUT2D eigenvalue weighted by molar-refractivity contribution is -0.122. The smallest absolute Gasteiger partial charge is 0.315 e. The zero-order chi connectivity index (χ0) is 28.2. The van der Waals surface area contributed by atoms with Gasteiger partial charge in [0, 0.05) is 47.9 Å². The Hall–Kier alpha value is -1.90. The van der Waals surface area contributed by atoms with Gasteiger partial charge in [-0.3, -0.25) is 9.59 Å². The number of unbranched alkanes of at least 4 members (excludes halogenated alkanes) is 2. The minimum atomic E-state index is -0.0620. The van der Waals surface area contributed by atoms with Gasteiger partial charge in [0.1, 0.15) is 0 Å². The molecule has 0 aliphatic carbocycles. The Kier molecular flexibility index (Phi) is 12.8. The third-order valence-electron chi connectivity index (χ3n) is 7.67. The third-order valence-corrected chi connectivity index (χ3v) is 10.7. The zero-order valence-electron chi connectivity index (χ0n) is 23.0. The van der Waals surface area contributed by atoms with Crippen LogP contribution in [-0.2, 0) is 19.1 Å². The van der Waals surface area contributed by atoms with Gasteiger partial charge in [-0.2, -0.15) is 23.5 Å². The molecule has 4 heterocycles. The maximum atomic E-state index is 12.0. The molecule has 0 saturated carbocycles. The van der Waals surface area contributed by atoms with E-state index in [1.807, 2.05) is 23.5 Å². The molecule has 14 heteroatoms. The number of hydrogen-bond acceptors (Lipinski definition) is 8. The van der Waals surface area contributed by atoms with E-state index in [2.05, 4.69) is 31.9 Å². The first-order valence-electron chi connectivity index (χ1n) is 14.6. The Morgan fingerprint density at radius 2 is 1.12 bits per heavy atom. The number of nitrogens with one attached hydrogen (secondary N) is 6. The summed E-state index contributed by atoms with van der Waals surface area (Å²) in [6.07, 6.45) is 6.65. The molecule has 12 nitrogen and oxygen atoms in total. The highest BCUT2D eigenvalue weighted by atomic mass is 32.2. The number of fused-ring (bicyclic) bond motifs is 2. The summed E-state index contributed by atoms with van der Waals surface area (Å²) in [5.74, 6) is 1.99. The van der Waals surface area contributed by atoms with Crippen LogP contribution in [0, 0.1) is 0 Å². The number of carbonyl (C=O) groups excluding carboxylic acids is 4. The monoisotopic (exact) mass is 600 g/mol. The molecule has 0 spiro atoms. The van der Waals surface area contributed by atoms with Crippen LogP contribution >= 0.6 is 23.5 Å². The molecule has 0 aromatic carbocycles. The summed E-state index contributed by atoms with van der Waals surface area (Å²) in [4.78, 5) is 46.9. The fourth-order valence-corrected chi connectivity index (χ4v) is 8.66. The Morgan fingerprint density at radius 3 is 1.57 bits per heavy atom. The van der Waals surface area contributed by atoms with E-state index in [0.717, 1.165) is 50.0 Å². The van der Waals surface area contributed by atoms with Crippen LogP contribution in [0.15, 0.2) is 0 Å². The Balaban J connectivity index is 0.868. The maximum Gasteiger partial charge on any atom is 0.315 e. The average molecular weight is 601 g/mol. The molecule has 4 fully saturated rings. The van der Waals surface area contributed by atoms with E-state index in [1.54, 1.807) is 0 Å². The van der Waals surface area contributed by atoms with Crippen LogP contribution in [0.5, 0.6) is 0 Å². The first-order valence-corrected chi connectivity index (χ1v) is 16.7. The van der Waals surface area contributed by atoms with E-state index < -0.39 is 0 Å². The maximum absolute atomic E-state index is 12.0. The summed E-state index contributed by atoms with van der Waals surface area (Å²) in [7, 11) is 0. The number of urea groups is 2. The molecule has 0 unspecified atom stereocenters. The lowest BCUT2D eigenvalue weighted by Gasteiger charge is -2.16. The van der Waals surface area contributed by atoms with E-state index >= 15 is 0 Å². The van der Waals surface area contributed by atoms with Gasteiger partial charge in [0.25, 0.3) is 0 Å². The van der Waals surface area contributed by atoms with Crippen molar-refractivity contribution in [1.82, 2.24) is 31.9 Å². The summed E-state index contributed by atoms with van der Waals surface area (Å²) in [5, 5.41) is 18.5. The second-order valence-corrected chi connectivity index (χ2v) is 13.2. The summed E-state index contributed by atoms with van der Waals surface area (Å²) in [5.41, 5.74) is 0. The molecule has 4 saturated heterocycles. The summed E-state index contributed by atoms with van der Waals surface area (Å²) >= 11 is 3.80. The van der Waals surface area contributed by atoms with Crippen LogP contribution in [0.2, 0.25) is 0 Å². The van der Waals surface area contributed by atoms with E-state index in [0.29, 0.717) is 62.9 Å². The van der Waals surface area contributed by atoms with Crippen LogP contribution in [-0.4, -0.2) is 110 Å². The van der Waals surface area contributed by atoms with Gasteiger partial charge >= 0.3 is 12.1 Å². The standard InChI is InChI=1S/C26H44N6O6S2/c33-21(7-3-1-5-19-23-17(15-39-19)29-25(35)31-23)27-9-11-37-13-14-38-12-10-28-22(34)8-4-2-6-20-24-18(16-40-20)30-26(36)32-24/h17-20,23-24H,1-16H2,(H,27,33)(H,28,34)(H2,29,31,35)(H2,30,32,36)/t17-,18-,19-,20-,23-,24-/m0/s1. The minimum Gasteiger partial charge on any atom is -0.377 e. The molecule has 0 radical (unpaired) electrons. The molecule has 4 aliphatic rings. The second-order valence-electron chi connectivity index (χ2n) is 10.7. The van der Waals surface area contributed by atoms with E-state index in [1.165, 1.54) is 0 Å². The molecule has 6 amide bonds. The molecular formula is C26H44N6O6S2. The number of hydrogen-bond donors (Lipinski definition) is 6. The van der Waals surface area contributed by atoms with Gasteiger partial charge in [-0.25, -0.2) is 9.59 Å². The molecule has 6 atom stereocenters. The topological polar surface area (TPSA) is 159 Å². The van der Waals surface area contributed by atoms with Gasteiger partial charge in [-0.15, -0.1) is 0 Å². The first kappa shape index (κ1) is 31.0. The summed E-state index contributed by atoms with van der Waals surface area (Å²) < 4.78 is 11.0. The van der Waals surface area contributed by atoms with Crippen LogP contribution in [0.1, 0.15) is 51.4 Å². The number of ether oxygens (including phenoxy) is 2. The highest BCUT2D eigenvalue weighted by Crippen LogP contribution is 2.34. The number of thioether (sulfide) groups is 2. The molecule has 40 heavy (non-hydrogen) atoms. The van der Waals surface area contributed by atoms with Crippen LogP contribution < -0.4 is 31.9 Å². The van der Waals surface area contributed by atoms with Gasteiger partial charge in [0.15, 0.2) is 0 Å². The minimum absolute atomic E-state index is 0.0362. The van der Waals surface area contributed by atoms with Gasteiger partial charge in [-0.05, 0) is 25.7 Å². The fourth-order valence-electron chi connectivity index (χ4n) is 5.57. The fraction of sp³-hybridized carbons (Fsp3) is 0.846. The molecule has 0 bridgehead atoms. The Labute approximate surface area is 244 Å². The second kappa shape index (κ2) is 16.5. The van der Waals surface area contributed by atoms with Crippen molar-refractivity contribution in [2.24, 2.45) is 0 Å². The average Bonchev–Trinajstić information content (AvgIpc) is 3.68. The molecule has 6 N–H and O–H groups in total. The van der Waals surface area contributed by atoms with E-state index in [-0.39, 0.29) is 48.0 Å². The van der Waals surface area contributed by atoms with E-state index in [9.17, 15) is 19.2 Å². The van der Waals surface area contributed by atoms with Gasteiger partial charge in [0.05, 0.1) is 50.6 Å². The van der Waals surface area contributed by atoms with Gasteiger partial charge in [-0.1, -0.05) is 12.8 Å². The third kappa shape index (κ3) is 9.88. The largest absolute Gasteiger partial charge is 0.377 e. The predicted octanol–water partition coefficient (Wildman–Crippen LogP) is 0.704. The van der Waals surface area contributed by atoms with Crippen molar-refractivity contribution >= 4 is 47.4 Å². The van der Waals surface area contributed by atoms with Crippen LogP contribution in [0.4, 0.5) is 9.59 Å². The van der Waals surface area contributed by atoms with Crippen molar-refractivity contribution in [1.29, 1.82) is 0 Å². The Morgan fingerprint density at radius 1 is 0.675 bits per heavy atom. The zero-order valence-corrected chi connectivity index (χ0v) is 24.7. The van der Waals surface area contributed by atoms with Crippen LogP contribution in [0.25, 0.3) is 0 Å². The quantitative estimate of drug-likeness (QED) is 0.0934.